The monoisotopic (exact) mass is 400 g/mol. The number of halogens is 1. The van der Waals surface area contributed by atoms with Crippen LogP contribution < -0.4 is 0 Å². The lowest BCUT2D eigenvalue weighted by molar-refractivity contribution is -0.144. The van der Waals surface area contributed by atoms with Gasteiger partial charge in [-0.2, -0.15) is 0 Å². The molecule has 0 atom stereocenters. The van der Waals surface area contributed by atoms with Crippen LogP contribution in [0.5, 0.6) is 0 Å². The standard InChI is InChI=1S/C16H17IO4/c17-14-9-5-4-8-13(14)16(19)20-11-10-15(18)21-12-6-2-1-3-7-12/h4-5,8-12H,1-3,6-7H2/b11-10+. The minimum Gasteiger partial charge on any atom is -0.459 e. The van der Waals surface area contributed by atoms with Crippen molar-refractivity contribution in [1.29, 1.82) is 0 Å². The molecular weight excluding hydrogens is 383 g/mol. The van der Waals surface area contributed by atoms with Gasteiger partial charge in [-0.3, -0.25) is 0 Å². The Morgan fingerprint density at radius 3 is 2.57 bits per heavy atom. The Labute approximate surface area is 137 Å². The molecule has 1 aromatic rings. The average molecular weight is 400 g/mol. The molecule has 0 radical (unpaired) electrons. The van der Waals surface area contributed by atoms with Crippen molar-refractivity contribution < 1.29 is 19.1 Å². The van der Waals surface area contributed by atoms with Crippen molar-refractivity contribution in [2.45, 2.75) is 38.2 Å². The minimum atomic E-state index is -0.485. The first kappa shape index (κ1) is 16.0. The van der Waals surface area contributed by atoms with Crippen LogP contribution in [0.2, 0.25) is 0 Å². The summed E-state index contributed by atoms with van der Waals surface area (Å²) in [7, 11) is 0. The van der Waals surface area contributed by atoms with E-state index in [9.17, 15) is 9.59 Å². The van der Waals surface area contributed by atoms with Gasteiger partial charge in [0, 0.05) is 3.57 Å². The molecule has 5 heteroatoms. The van der Waals surface area contributed by atoms with Crippen molar-refractivity contribution in [2.75, 3.05) is 0 Å². The quantitative estimate of drug-likeness (QED) is 0.334. The van der Waals surface area contributed by atoms with Gasteiger partial charge in [0.2, 0.25) is 0 Å². The molecule has 0 N–H and O–H groups in total. The Hall–Kier alpha value is -1.37. The van der Waals surface area contributed by atoms with Gasteiger partial charge in [-0.15, -0.1) is 0 Å². The Morgan fingerprint density at radius 2 is 1.86 bits per heavy atom. The molecule has 0 aliphatic heterocycles. The lowest BCUT2D eigenvalue weighted by atomic mass is 9.98. The second-order valence-electron chi connectivity index (χ2n) is 4.88. The van der Waals surface area contributed by atoms with E-state index < -0.39 is 11.9 Å². The van der Waals surface area contributed by atoms with Crippen LogP contribution in [0, 0.1) is 3.57 Å². The smallest absolute Gasteiger partial charge is 0.344 e. The summed E-state index contributed by atoms with van der Waals surface area (Å²) in [5.41, 5.74) is 0.475. The first-order valence-corrected chi connectivity index (χ1v) is 8.07. The van der Waals surface area contributed by atoms with Crippen molar-refractivity contribution in [1.82, 2.24) is 0 Å². The maximum atomic E-state index is 11.8. The van der Waals surface area contributed by atoms with Gasteiger partial charge >= 0.3 is 11.9 Å². The zero-order chi connectivity index (χ0) is 15.1. The Balaban J connectivity index is 1.80. The summed E-state index contributed by atoms with van der Waals surface area (Å²) < 4.78 is 11.0. The van der Waals surface area contributed by atoms with Crippen LogP contribution in [0.25, 0.3) is 0 Å². The van der Waals surface area contributed by atoms with Crippen molar-refractivity contribution in [3.8, 4) is 0 Å². The Kier molecular flexibility index (Phi) is 6.22. The molecule has 0 heterocycles. The molecule has 1 aromatic carbocycles. The van der Waals surface area contributed by atoms with Gasteiger partial charge in [-0.25, -0.2) is 9.59 Å². The normalized spacial score (nSPS) is 15.9. The highest BCUT2D eigenvalue weighted by Gasteiger charge is 2.16. The Bertz CT molecular complexity index is 533. The summed E-state index contributed by atoms with van der Waals surface area (Å²) in [6.45, 7) is 0. The van der Waals surface area contributed by atoms with E-state index in [-0.39, 0.29) is 6.10 Å². The molecule has 1 aliphatic carbocycles. The summed E-state index contributed by atoms with van der Waals surface area (Å²) in [5, 5.41) is 0. The van der Waals surface area contributed by atoms with E-state index in [1.54, 1.807) is 12.1 Å². The van der Waals surface area contributed by atoms with Crippen molar-refractivity contribution in [2.24, 2.45) is 0 Å². The van der Waals surface area contributed by atoms with Crippen LogP contribution in [-0.4, -0.2) is 18.0 Å². The number of rotatable bonds is 4. The maximum Gasteiger partial charge on any atom is 0.344 e. The first-order valence-electron chi connectivity index (χ1n) is 6.99. The van der Waals surface area contributed by atoms with Gasteiger partial charge in [0.15, 0.2) is 0 Å². The van der Waals surface area contributed by atoms with Gasteiger partial charge in [0.25, 0.3) is 0 Å². The summed E-state index contributed by atoms with van der Waals surface area (Å²) in [5.74, 6) is -0.945. The fourth-order valence-electron chi connectivity index (χ4n) is 2.23. The van der Waals surface area contributed by atoms with E-state index >= 15 is 0 Å². The van der Waals surface area contributed by atoms with Gasteiger partial charge in [0.1, 0.15) is 12.4 Å². The molecule has 2 rings (SSSR count). The highest BCUT2D eigenvalue weighted by Crippen LogP contribution is 2.20. The topological polar surface area (TPSA) is 52.6 Å². The molecule has 0 unspecified atom stereocenters. The lowest BCUT2D eigenvalue weighted by Gasteiger charge is -2.20. The number of esters is 2. The Morgan fingerprint density at radius 1 is 1.14 bits per heavy atom. The molecule has 0 amide bonds. The second-order valence-corrected chi connectivity index (χ2v) is 6.05. The zero-order valence-corrected chi connectivity index (χ0v) is 13.7. The van der Waals surface area contributed by atoms with E-state index in [2.05, 4.69) is 22.6 Å². The van der Waals surface area contributed by atoms with Crippen molar-refractivity contribution in [3.63, 3.8) is 0 Å². The number of carbonyl (C=O) groups excluding carboxylic acids is 2. The fraction of sp³-hybridized carbons (Fsp3) is 0.375. The van der Waals surface area contributed by atoms with Crippen LogP contribution in [0.4, 0.5) is 0 Å². The number of hydrogen-bond donors (Lipinski definition) is 0. The third-order valence-corrected chi connectivity index (χ3v) is 4.25. The third kappa shape index (κ3) is 5.15. The van der Waals surface area contributed by atoms with Crippen LogP contribution in [-0.2, 0) is 14.3 Å². The van der Waals surface area contributed by atoms with Crippen LogP contribution in [0.1, 0.15) is 42.5 Å². The van der Waals surface area contributed by atoms with E-state index in [1.165, 1.54) is 6.42 Å². The molecule has 1 aliphatic rings. The van der Waals surface area contributed by atoms with Gasteiger partial charge in [-0.1, -0.05) is 18.6 Å². The summed E-state index contributed by atoms with van der Waals surface area (Å²) in [6, 6.07) is 7.10. The van der Waals surface area contributed by atoms with E-state index in [0.29, 0.717) is 5.56 Å². The van der Waals surface area contributed by atoms with Crippen LogP contribution >= 0.6 is 22.6 Å². The van der Waals surface area contributed by atoms with E-state index in [4.69, 9.17) is 9.47 Å². The predicted molar refractivity (Wildman–Crippen MR) is 86.7 cm³/mol. The lowest BCUT2D eigenvalue weighted by Crippen LogP contribution is -2.19. The molecule has 112 valence electrons. The third-order valence-electron chi connectivity index (χ3n) is 3.31. The highest BCUT2D eigenvalue weighted by atomic mass is 127. The van der Waals surface area contributed by atoms with Gasteiger partial charge in [-0.05, 0) is 60.4 Å². The number of benzene rings is 1. The number of hydrogen-bond acceptors (Lipinski definition) is 4. The molecule has 0 aromatic heterocycles. The highest BCUT2D eigenvalue weighted by molar-refractivity contribution is 14.1. The zero-order valence-electron chi connectivity index (χ0n) is 11.6. The first-order chi connectivity index (χ1) is 10.2. The SMILES string of the molecule is O=C(/C=C/OC(=O)c1ccccc1I)OC1CCCCC1. The average Bonchev–Trinajstić information content (AvgIpc) is 2.48. The molecule has 21 heavy (non-hydrogen) atoms. The number of carbonyl (C=O) groups is 2. The van der Waals surface area contributed by atoms with Crippen LogP contribution in [0.15, 0.2) is 36.6 Å². The van der Waals surface area contributed by atoms with Gasteiger partial charge in [0.05, 0.1) is 11.6 Å². The largest absolute Gasteiger partial charge is 0.459 e. The van der Waals surface area contributed by atoms with Crippen LogP contribution in [0.3, 0.4) is 0 Å². The van der Waals surface area contributed by atoms with Gasteiger partial charge < -0.3 is 9.47 Å². The molecule has 0 saturated heterocycles. The molecule has 1 saturated carbocycles. The summed E-state index contributed by atoms with van der Waals surface area (Å²) in [4.78, 5) is 23.4. The second kappa shape index (κ2) is 8.17. The predicted octanol–water partition coefficient (Wildman–Crippen LogP) is 3.84. The molecule has 1 fully saturated rings. The summed E-state index contributed by atoms with van der Waals surface area (Å²) in [6.07, 6.45) is 7.49. The molecule has 4 nitrogen and oxygen atoms in total. The van der Waals surface area contributed by atoms with Crippen molar-refractivity contribution >= 4 is 34.5 Å². The fourth-order valence-corrected chi connectivity index (χ4v) is 2.84. The number of ether oxygens (including phenoxy) is 2. The van der Waals surface area contributed by atoms with Crippen molar-refractivity contribution in [3.05, 3.63) is 45.7 Å². The molecule has 0 spiro atoms. The maximum absolute atomic E-state index is 11.8. The summed E-state index contributed by atoms with van der Waals surface area (Å²) >= 11 is 2.06. The van der Waals surface area contributed by atoms with E-state index in [1.807, 2.05) is 12.1 Å². The van der Waals surface area contributed by atoms with E-state index in [0.717, 1.165) is 41.6 Å². The minimum absolute atomic E-state index is 0.00155. The molecular formula is C16H17IO4. The molecule has 0 bridgehead atoms.